The third-order valence-electron chi connectivity index (χ3n) is 11.9. The summed E-state index contributed by atoms with van der Waals surface area (Å²) in [6.45, 7) is 0. The number of benzene rings is 9. The van der Waals surface area contributed by atoms with Crippen LogP contribution in [0.15, 0.2) is 212 Å². The summed E-state index contributed by atoms with van der Waals surface area (Å²) in [5.74, 6) is 0.705. The Balaban J connectivity index is 0.983. The predicted molar refractivity (Wildman–Crippen MR) is 258 cm³/mol. The van der Waals surface area contributed by atoms with Crippen molar-refractivity contribution in [2.45, 2.75) is 0 Å². The van der Waals surface area contributed by atoms with E-state index in [-0.39, 0.29) is 0 Å². The van der Waals surface area contributed by atoms with Gasteiger partial charge < -0.3 is 0 Å². The minimum absolute atomic E-state index is 0.705. The lowest BCUT2D eigenvalue weighted by molar-refractivity contribution is 1.19. The number of pyridine rings is 1. The molecular formula is C57H35N3S. The van der Waals surface area contributed by atoms with E-state index >= 15 is 0 Å². The molecule has 3 aromatic heterocycles. The Kier molecular flexibility index (Phi) is 8.36. The summed E-state index contributed by atoms with van der Waals surface area (Å²) in [6, 6.07) is 75.5. The maximum absolute atomic E-state index is 5.29. The normalized spacial score (nSPS) is 11.6. The van der Waals surface area contributed by atoms with Crippen molar-refractivity contribution in [3.8, 4) is 67.4 Å². The van der Waals surface area contributed by atoms with Crippen molar-refractivity contribution in [3.05, 3.63) is 212 Å². The van der Waals surface area contributed by atoms with Gasteiger partial charge in [0, 0.05) is 58.6 Å². The molecule has 3 heterocycles. The topological polar surface area (TPSA) is 38.7 Å². The predicted octanol–water partition coefficient (Wildman–Crippen LogP) is 15.7. The molecule has 12 aromatic rings. The zero-order valence-corrected chi connectivity index (χ0v) is 33.8. The van der Waals surface area contributed by atoms with E-state index in [0.29, 0.717) is 5.82 Å². The fraction of sp³-hybridized carbons (Fsp3) is 0. The van der Waals surface area contributed by atoms with Crippen LogP contribution in [0, 0.1) is 0 Å². The molecule has 0 bridgehead atoms. The van der Waals surface area contributed by atoms with E-state index in [1.54, 1.807) is 0 Å². The third-order valence-corrected chi connectivity index (χ3v) is 13.0. The summed E-state index contributed by atoms with van der Waals surface area (Å²) in [4.78, 5) is 15.7. The quantitative estimate of drug-likeness (QED) is 0.157. The molecular weight excluding hydrogens is 759 g/mol. The van der Waals surface area contributed by atoms with Crippen LogP contribution in [-0.2, 0) is 0 Å². The molecule has 0 aliphatic heterocycles. The van der Waals surface area contributed by atoms with Gasteiger partial charge in [-0.15, -0.1) is 11.3 Å². The van der Waals surface area contributed by atoms with Gasteiger partial charge in [-0.25, -0.2) is 15.0 Å². The van der Waals surface area contributed by atoms with Crippen LogP contribution in [0.25, 0.3) is 120 Å². The highest BCUT2D eigenvalue weighted by Crippen LogP contribution is 2.45. The first-order valence-electron chi connectivity index (χ1n) is 20.6. The van der Waals surface area contributed by atoms with E-state index in [9.17, 15) is 0 Å². The highest BCUT2D eigenvalue weighted by molar-refractivity contribution is 7.26. The SMILES string of the molecule is c1ccc(-c2cc(-c3ccc(-c4ccc5sc6ccc7c(-c8ccccc8)nc8ccccc8c7c6c5c4)cc3)nc(-c3ccc(-c4ccccc4)c4ccccc34)n2)cc1. The monoisotopic (exact) mass is 793 g/mol. The summed E-state index contributed by atoms with van der Waals surface area (Å²) in [7, 11) is 0. The van der Waals surface area contributed by atoms with Crippen molar-refractivity contribution < 1.29 is 0 Å². The maximum Gasteiger partial charge on any atom is 0.161 e. The lowest BCUT2D eigenvalue weighted by Crippen LogP contribution is -1.97. The van der Waals surface area contributed by atoms with Crippen LogP contribution in [0.5, 0.6) is 0 Å². The van der Waals surface area contributed by atoms with E-state index in [2.05, 4.69) is 206 Å². The van der Waals surface area contributed by atoms with Gasteiger partial charge in [0.1, 0.15) is 0 Å². The molecule has 12 rings (SSSR count). The van der Waals surface area contributed by atoms with Crippen molar-refractivity contribution in [2.24, 2.45) is 0 Å². The molecule has 0 aliphatic rings. The van der Waals surface area contributed by atoms with Gasteiger partial charge in [0.2, 0.25) is 0 Å². The van der Waals surface area contributed by atoms with E-state index in [4.69, 9.17) is 15.0 Å². The van der Waals surface area contributed by atoms with E-state index in [1.165, 1.54) is 58.4 Å². The number of aromatic nitrogens is 3. The fourth-order valence-electron chi connectivity index (χ4n) is 8.97. The van der Waals surface area contributed by atoms with Crippen LogP contribution in [0.2, 0.25) is 0 Å². The van der Waals surface area contributed by atoms with Crippen LogP contribution in [0.3, 0.4) is 0 Å². The van der Waals surface area contributed by atoms with E-state index in [1.807, 2.05) is 17.4 Å². The molecule has 9 aromatic carbocycles. The number of nitrogens with zero attached hydrogens (tertiary/aromatic N) is 3. The fourth-order valence-corrected chi connectivity index (χ4v) is 10.1. The molecule has 0 atom stereocenters. The summed E-state index contributed by atoms with van der Waals surface area (Å²) in [5.41, 5.74) is 12.7. The second-order valence-electron chi connectivity index (χ2n) is 15.5. The molecule has 0 saturated heterocycles. The first-order chi connectivity index (χ1) is 30.2. The number of hydrogen-bond donors (Lipinski definition) is 0. The highest BCUT2D eigenvalue weighted by Gasteiger charge is 2.18. The zero-order valence-electron chi connectivity index (χ0n) is 33.0. The molecule has 284 valence electrons. The Morgan fingerprint density at radius 1 is 0.295 bits per heavy atom. The van der Waals surface area contributed by atoms with Gasteiger partial charge in [0.15, 0.2) is 5.82 Å². The van der Waals surface area contributed by atoms with Gasteiger partial charge in [-0.2, -0.15) is 0 Å². The Morgan fingerprint density at radius 2 is 0.836 bits per heavy atom. The van der Waals surface area contributed by atoms with Gasteiger partial charge in [-0.05, 0) is 69.4 Å². The number of hydrogen-bond acceptors (Lipinski definition) is 4. The second kappa shape index (κ2) is 14.5. The molecule has 4 heteroatoms. The smallest absolute Gasteiger partial charge is 0.161 e. The first-order valence-corrected chi connectivity index (χ1v) is 21.4. The van der Waals surface area contributed by atoms with Crippen molar-refractivity contribution in [1.29, 1.82) is 0 Å². The number of thiophene rings is 1. The van der Waals surface area contributed by atoms with E-state index in [0.717, 1.165) is 55.8 Å². The minimum atomic E-state index is 0.705. The molecule has 0 unspecified atom stereocenters. The van der Waals surface area contributed by atoms with Gasteiger partial charge in [0.25, 0.3) is 0 Å². The molecule has 0 saturated carbocycles. The summed E-state index contributed by atoms with van der Waals surface area (Å²) < 4.78 is 2.55. The maximum atomic E-state index is 5.29. The summed E-state index contributed by atoms with van der Waals surface area (Å²) >= 11 is 1.85. The Labute approximate surface area is 356 Å². The number of fused-ring (bicyclic) bond motifs is 8. The standard InChI is InChI=1S/C57H35N3S/c1-4-14-37(15-5-1)42-29-30-45(44-21-11-10-20-43(42)44)57-59-50(38-16-6-2-7-17-38)35-51(60-57)39-26-24-36(25-27-39)41-28-32-52-48(34-41)55-53(61-52)33-31-47-54(55)46-22-12-13-23-49(46)58-56(47)40-18-8-3-9-19-40/h1-35H. The average Bonchev–Trinajstić information content (AvgIpc) is 3.72. The van der Waals surface area contributed by atoms with Gasteiger partial charge >= 0.3 is 0 Å². The largest absolute Gasteiger partial charge is 0.247 e. The molecule has 0 amide bonds. The van der Waals surface area contributed by atoms with Gasteiger partial charge in [-0.1, -0.05) is 176 Å². The Bertz CT molecular complexity index is 3620. The molecule has 0 N–H and O–H groups in total. The van der Waals surface area contributed by atoms with Crippen LogP contribution in [-0.4, -0.2) is 15.0 Å². The third kappa shape index (κ3) is 6.07. The summed E-state index contributed by atoms with van der Waals surface area (Å²) in [6.07, 6.45) is 0. The van der Waals surface area contributed by atoms with Crippen molar-refractivity contribution in [1.82, 2.24) is 15.0 Å². The Hall–Kier alpha value is -7.79. The average molecular weight is 794 g/mol. The lowest BCUT2D eigenvalue weighted by Gasteiger charge is -2.14. The minimum Gasteiger partial charge on any atom is -0.247 e. The van der Waals surface area contributed by atoms with Crippen molar-refractivity contribution in [3.63, 3.8) is 0 Å². The Morgan fingerprint density at radius 3 is 1.56 bits per heavy atom. The number of rotatable bonds is 6. The van der Waals surface area contributed by atoms with Gasteiger partial charge in [0.05, 0.1) is 22.6 Å². The van der Waals surface area contributed by atoms with Crippen LogP contribution < -0.4 is 0 Å². The van der Waals surface area contributed by atoms with Crippen molar-refractivity contribution in [2.75, 3.05) is 0 Å². The lowest BCUT2D eigenvalue weighted by atomic mass is 9.94. The van der Waals surface area contributed by atoms with Crippen LogP contribution >= 0.6 is 11.3 Å². The zero-order chi connectivity index (χ0) is 40.3. The van der Waals surface area contributed by atoms with Crippen LogP contribution in [0.4, 0.5) is 0 Å². The molecule has 0 aliphatic carbocycles. The van der Waals surface area contributed by atoms with Crippen LogP contribution in [0.1, 0.15) is 0 Å². The van der Waals surface area contributed by atoms with Gasteiger partial charge in [-0.3, -0.25) is 0 Å². The molecule has 0 spiro atoms. The molecule has 3 nitrogen and oxygen atoms in total. The number of para-hydroxylation sites is 1. The van der Waals surface area contributed by atoms with E-state index < -0.39 is 0 Å². The highest BCUT2D eigenvalue weighted by atomic mass is 32.1. The van der Waals surface area contributed by atoms with Crippen molar-refractivity contribution >= 4 is 64.0 Å². The first kappa shape index (κ1) is 35.2. The summed E-state index contributed by atoms with van der Waals surface area (Å²) in [5, 5.41) is 8.47. The molecule has 0 radical (unpaired) electrons. The molecule has 61 heavy (non-hydrogen) atoms. The second-order valence-corrected chi connectivity index (χ2v) is 16.6. The molecule has 0 fully saturated rings.